The standard InChI is InChI=1S/C15H11BrN4O2S/c16-12-7-5-11(6-8-12)9-19-10-17-15-18-23(21,22)14-4-2-1-3-13(14)20(15)19/h1-8,10H,9H2. The van der Waals surface area contributed by atoms with E-state index in [1.165, 1.54) is 0 Å². The first-order valence-electron chi connectivity index (χ1n) is 6.84. The molecule has 2 aliphatic rings. The number of benzene rings is 2. The van der Waals surface area contributed by atoms with E-state index < -0.39 is 10.0 Å². The van der Waals surface area contributed by atoms with Gasteiger partial charge >= 0.3 is 0 Å². The van der Waals surface area contributed by atoms with Crippen molar-refractivity contribution in [1.82, 2.24) is 5.01 Å². The van der Waals surface area contributed by atoms with Gasteiger partial charge in [0.05, 0.1) is 12.2 Å². The van der Waals surface area contributed by atoms with Crippen molar-refractivity contribution in [2.45, 2.75) is 11.4 Å². The van der Waals surface area contributed by atoms with Gasteiger partial charge in [0, 0.05) is 4.47 Å². The van der Waals surface area contributed by atoms with Crippen LogP contribution in [0.4, 0.5) is 5.69 Å². The molecule has 116 valence electrons. The second-order valence-corrected chi connectivity index (χ2v) is 7.60. The third-order valence-electron chi connectivity index (χ3n) is 3.58. The lowest BCUT2D eigenvalue weighted by Gasteiger charge is -2.31. The number of hydrazine groups is 1. The highest BCUT2D eigenvalue weighted by molar-refractivity contribution is 9.10. The van der Waals surface area contributed by atoms with E-state index in [-0.39, 0.29) is 10.9 Å². The summed E-state index contributed by atoms with van der Waals surface area (Å²) in [6, 6.07) is 14.7. The van der Waals surface area contributed by atoms with Crippen LogP contribution in [0, 0.1) is 0 Å². The fourth-order valence-electron chi connectivity index (χ4n) is 2.54. The smallest absolute Gasteiger partial charge is 0.263 e. The second-order valence-electron chi connectivity index (χ2n) is 5.11. The first-order chi connectivity index (χ1) is 11.0. The molecule has 8 heteroatoms. The fourth-order valence-corrected chi connectivity index (χ4v) is 3.91. The molecule has 0 aromatic heterocycles. The molecule has 2 heterocycles. The highest BCUT2D eigenvalue weighted by Gasteiger charge is 2.36. The Morgan fingerprint density at radius 3 is 2.57 bits per heavy atom. The molecule has 2 aromatic rings. The lowest BCUT2D eigenvalue weighted by Crippen LogP contribution is -2.42. The lowest BCUT2D eigenvalue weighted by atomic mass is 10.2. The van der Waals surface area contributed by atoms with E-state index in [0.717, 1.165) is 10.0 Å². The summed E-state index contributed by atoms with van der Waals surface area (Å²) in [6.45, 7) is 0.560. The monoisotopic (exact) mass is 390 g/mol. The zero-order valence-corrected chi connectivity index (χ0v) is 14.2. The average Bonchev–Trinajstić information content (AvgIpc) is 2.91. The molecule has 0 spiro atoms. The summed E-state index contributed by atoms with van der Waals surface area (Å²) < 4.78 is 29.2. The highest BCUT2D eigenvalue weighted by atomic mass is 79.9. The maximum atomic E-state index is 12.2. The third-order valence-corrected chi connectivity index (χ3v) is 5.42. The van der Waals surface area contributed by atoms with Crippen molar-refractivity contribution in [1.29, 1.82) is 0 Å². The predicted molar refractivity (Wildman–Crippen MR) is 91.7 cm³/mol. The van der Waals surface area contributed by atoms with Crippen LogP contribution >= 0.6 is 15.9 Å². The summed E-state index contributed by atoms with van der Waals surface area (Å²) in [6.07, 6.45) is 1.60. The van der Waals surface area contributed by atoms with Gasteiger partial charge in [-0.3, -0.25) is 5.01 Å². The van der Waals surface area contributed by atoms with Gasteiger partial charge in [-0.2, -0.15) is 13.4 Å². The van der Waals surface area contributed by atoms with Crippen molar-refractivity contribution in [3.8, 4) is 0 Å². The van der Waals surface area contributed by atoms with Gasteiger partial charge in [0.15, 0.2) is 0 Å². The number of aliphatic imine (C=N–C) groups is 1. The van der Waals surface area contributed by atoms with E-state index in [0.29, 0.717) is 12.2 Å². The Hall–Kier alpha value is -2.19. The van der Waals surface area contributed by atoms with Gasteiger partial charge in [0.25, 0.3) is 16.0 Å². The summed E-state index contributed by atoms with van der Waals surface area (Å²) in [7, 11) is -3.70. The van der Waals surface area contributed by atoms with Crippen LogP contribution in [-0.2, 0) is 16.6 Å². The van der Waals surface area contributed by atoms with E-state index in [9.17, 15) is 8.42 Å². The van der Waals surface area contributed by atoms with Crippen molar-refractivity contribution in [3.05, 3.63) is 58.6 Å². The molecule has 0 aliphatic carbocycles. The molecule has 0 radical (unpaired) electrons. The highest BCUT2D eigenvalue weighted by Crippen LogP contribution is 2.34. The van der Waals surface area contributed by atoms with Gasteiger partial charge in [-0.15, -0.1) is 4.40 Å². The molecule has 23 heavy (non-hydrogen) atoms. The number of nitrogens with zero attached hydrogens (tertiary/aromatic N) is 4. The molecule has 4 rings (SSSR count). The number of guanidine groups is 1. The van der Waals surface area contributed by atoms with Crippen LogP contribution in [0.5, 0.6) is 0 Å². The van der Waals surface area contributed by atoms with Crippen LogP contribution in [0.1, 0.15) is 5.56 Å². The molecule has 0 saturated carbocycles. The summed E-state index contributed by atoms with van der Waals surface area (Å²) in [4.78, 5) is 4.33. The number of sulfonamides is 1. The topological polar surface area (TPSA) is 65.3 Å². The van der Waals surface area contributed by atoms with Crippen LogP contribution in [-0.4, -0.2) is 25.7 Å². The minimum absolute atomic E-state index is 0.167. The number of fused-ring (bicyclic) bond motifs is 3. The molecule has 6 nitrogen and oxygen atoms in total. The Labute approximate surface area is 141 Å². The largest absolute Gasteiger partial charge is 0.287 e. The molecule has 0 atom stereocenters. The molecular weight excluding hydrogens is 380 g/mol. The van der Waals surface area contributed by atoms with Gasteiger partial charge in [-0.25, -0.2) is 5.01 Å². The summed E-state index contributed by atoms with van der Waals surface area (Å²) >= 11 is 3.41. The van der Waals surface area contributed by atoms with Gasteiger partial charge in [0.1, 0.15) is 11.2 Å². The summed E-state index contributed by atoms with van der Waals surface area (Å²) in [5, 5.41) is 3.56. The molecule has 0 bridgehead atoms. The molecule has 0 unspecified atom stereocenters. The van der Waals surface area contributed by atoms with Gasteiger partial charge in [-0.1, -0.05) is 40.2 Å². The molecule has 2 aliphatic heterocycles. The fraction of sp³-hybridized carbons (Fsp3) is 0.0667. The number of hydrogen-bond donors (Lipinski definition) is 0. The van der Waals surface area contributed by atoms with Gasteiger partial charge in [-0.05, 0) is 29.8 Å². The molecular formula is C15H11BrN4O2S. The van der Waals surface area contributed by atoms with Crippen LogP contribution in [0.2, 0.25) is 0 Å². The van der Waals surface area contributed by atoms with Crippen molar-refractivity contribution in [2.24, 2.45) is 9.39 Å². The van der Waals surface area contributed by atoms with Crippen molar-refractivity contribution in [3.63, 3.8) is 0 Å². The first kappa shape index (κ1) is 14.4. The van der Waals surface area contributed by atoms with Crippen LogP contribution in [0.3, 0.4) is 0 Å². The van der Waals surface area contributed by atoms with E-state index >= 15 is 0 Å². The minimum Gasteiger partial charge on any atom is -0.263 e. The Morgan fingerprint density at radius 2 is 1.78 bits per heavy atom. The predicted octanol–water partition coefficient (Wildman–Crippen LogP) is 2.77. The Morgan fingerprint density at radius 1 is 1.04 bits per heavy atom. The SMILES string of the molecule is O=S1(=O)N=C2N=CN(Cc3ccc(Br)cc3)N2c2ccccc21. The number of rotatable bonds is 2. The van der Waals surface area contributed by atoms with Gasteiger partial charge < -0.3 is 0 Å². The number of hydrogen-bond acceptors (Lipinski definition) is 5. The average molecular weight is 391 g/mol. The maximum Gasteiger partial charge on any atom is 0.287 e. The minimum atomic E-state index is -3.70. The Kier molecular flexibility index (Phi) is 3.24. The van der Waals surface area contributed by atoms with Crippen molar-refractivity contribution >= 4 is 43.9 Å². The first-order valence-corrected chi connectivity index (χ1v) is 9.07. The molecule has 2 aromatic carbocycles. The third kappa shape index (κ3) is 2.43. The van der Waals surface area contributed by atoms with Crippen LogP contribution in [0.15, 0.2) is 67.3 Å². The van der Waals surface area contributed by atoms with Crippen molar-refractivity contribution < 1.29 is 8.42 Å². The Balaban J connectivity index is 1.74. The summed E-state index contributed by atoms with van der Waals surface area (Å²) in [5.41, 5.74) is 1.64. The van der Waals surface area contributed by atoms with Crippen LogP contribution < -0.4 is 5.01 Å². The molecule has 0 amide bonds. The number of para-hydroxylation sites is 1. The lowest BCUT2D eigenvalue weighted by molar-refractivity contribution is 0.452. The molecule has 0 N–H and O–H groups in total. The van der Waals surface area contributed by atoms with Crippen LogP contribution in [0.25, 0.3) is 0 Å². The Bertz CT molecular complexity index is 938. The zero-order chi connectivity index (χ0) is 16.0. The zero-order valence-electron chi connectivity index (χ0n) is 11.8. The van der Waals surface area contributed by atoms with E-state index in [4.69, 9.17) is 0 Å². The van der Waals surface area contributed by atoms with Gasteiger partial charge in [0.2, 0.25) is 0 Å². The quantitative estimate of drug-likeness (QED) is 0.790. The van der Waals surface area contributed by atoms with E-state index in [1.807, 2.05) is 29.3 Å². The summed E-state index contributed by atoms with van der Waals surface area (Å²) in [5.74, 6) is 0.167. The van der Waals surface area contributed by atoms with E-state index in [1.54, 1.807) is 35.6 Å². The number of anilines is 1. The normalized spacial score (nSPS) is 17.7. The molecule has 0 fully saturated rings. The maximum absolute atomic E-state index is 12.2. The van der Waals surface area contributed by atoms with Crippen molar-refractivity contribution in [2.75, 3.05) is 5.01 Å². The second kappa shape index (κ2) is 5.17. The van der Waals surface area contributed by atoms with E-state index in [2.05, 4.69) is 25.3 Å². The number of halogens is 1. The molecule has 0 saturated heterocycles.